The van der Waals surface area contributed by atoms with Gasteiger partial charge in [0.15, 0.2) is 6.61 Å². The molecule has 5 nitrogen and oxygen atoms in total. The predicted molar refractivity (Wildman–Crippen MR) is 82.8 cm³/mol. The Bertz CT molecular complexity index is 541. The number of carbonyl (C=O) groups excluding carboxylic acids is 2. The predicted octanol–water partition coefficient (Wildman–Crippen LogP) is 1.97. The molecule has 0 heterocycles. The molecule has 0 aromatic heterocycles. The van der Waals surface area contributed by atoms with Gasteiger partial charge in [-0.25, -0.2) is 0 Å². The Morgan fingerprint density at radius 1 is 1.18 bits per heavy atom. The summed E-state index contributed by atoms with van der Waals surface area (Å²) in [7, 11) is 0. The number of hydrogen-bond acceptors (Lipinski definition) is 4. The topological polar surface area (TPSA) is 55.8 Å². The molecule has 22 heavy (non-hydrogen) atoms. The highest BCUT2D eigenvalue weighted by Gasteiger charge is 2.17. The van der Waals surface area contributed by atoms with E-state index in [0.29, 0.717) is 18.9 Å². The van der Waals surface area contributed by atoms with Crippen molar-refractivity contribution < 1.29 is 19.1 Å². The van der Waals surface area contributed by atoms with Crippen LogP contribution in [0.15, 0.2) is 18.2 Å². The van der Waals surface area contributed by atoms with Gasteiger partial charge in [-0.1, -0.05) is 6.07 Å². The Balaban J connectivity index is 1.86. The molecular weight excluding hydrogens is 282 g/mol. The molecule has 0 radical (unpaired) electrons. The van der Waals surface area contributed by atoms with Gasteiger partial charge in [0, 0.05) is 6.54 Å². The molecule has 5 heteroatoms. The number of fused-ring (bicyclic) bond motifs is 1. The third-order valence-corrected chi connectivity index (χ3v) is 3.79. The summed E-state index contributed by atoms with van der Waals surface area (Å²) in [5, 5.41) is 0. The van der Waals surface area contributed by atoms with Crippen LogP contribution >= 0.6 is 0 Å². The van der Waals surface area contributed by atoms with Crippen molar-refractivity contribution in [1.29, 1.82) is 0 Å². The van der Waals surface area contributed by atoms with Gasteiger partial charge in [-0.05, 0) is 56.4 Å². The van der Waals surface area contributed by atoms with Gasteiger partial charge in [0.25, 0.3) is 5.91 Å². The van der Waals surface area contributed by atoms with Crippen molar-refractivity contribution in [3.05, 3.63) is 29.3 Å². The highest BCUT2D eigenvalue weighted by atomic mass is 16.5. The van der Waals surface area contributed by atoms with Gasteiger partial charge in [0.05, 0.1) is 6.61 Å². The third-order valence-electron chi connectivity index (χ3n) is 3.79. The summed E-state index contributed by atoms with van der Waals surface area (Å²) in [6, 6.07) is 5.98. The molecule has 0 atom stereocenters. The molecule has 1 amide bonds. The van der Waals surface area contributed by atoms with Crippen LogP contribution in [-0.2, 0) is 27.2 Å². The molecular formula is C17H23NO4. The Morgan fingerprint density at radius 2 is 1.95 bits per heavy atom. The maximum atomic E-state index is 12.1. The molecule has 0 spiro atoms. The third kappa shape index (κ3) is 4.23. The second kappa shape index (κ2) is 7.82. The average Bonchev–Trinajstić information content (AvgIpc) is 2.98. The van der Waals surface area contributed by atoms with Crippen molar-refractivity contribution in [3.8, 4) is 5.75 Å². The molecule has 0 N–H and O–H groups in total. The van der Waals surface area contributed by atoms with Crippen LogP contribution in [0.1, 0.15) is 31.4 Å². The van der Waals surface area contributed by atoms with Gasteiger partial charge in [0.1, 0.15) is 12.3 Å². The van der Waals surface area contributed by atoms with Gasteiger partial charge in [-0.15, -0.1) is 0 Å². The fourth-order valence-electron chi connectivity index (χ4n) is 2.61. The van der Waals surface area contributed by atoms with E-state index < -0.39 is 5.97 Å². The first kappa shape index (κ1) is 16.3. The molecule has 2 rings (SSSR count). The lowest BCUT2D eigenvalue weighted by molar-refractivity contribution is -0.149. The van der Waals surface area contributed by atoms with E-state index in [1.54, 1.807) is 6.92 Å². The standard InChI is InChI=1S/C17H23NO4/c1-3-18(11-17(20)21-4-2)16(19)12-22-15-9-8-13-6-5-7-14(13)10-15/h8-10H,3-7,11-12H2,1-2H3. The number of ether oxygens (including phenoxy) is 2. The first-order chi connectivity index (χ1) is 10.6. The van der Waals surface area contributed by atoms with Crippen molar-refractivity contribution >= 4 is 11.9 Å². The first-order valence-electron chi connectivity index (χ1n) is 7.82. The van der Waals surface area contributed by atoms with Gasteiger partial charge < -0.3 is 14.4 Å². The molecule has 120 valence electrons. The van der Waals surface area contributed by atoms with Crippen molar-refractivity contribution in [2.75, 3.05) is 26.3 Å². The number of esters is 1. The van der Waals surface area contributed by atoms with Gasteiger partial charge >= 0.3 is 5.97 Å². The van der Waals surface area contributed by atoms with Crippen LogP contribution in [0.5, 0.6) is 5.75 Å². The molecule has 1 aromatic carbocycles. The number of hydrogen-bond donors (Lipinski definition) is 0. The Morgan fingerprint density at radius 3 is 2.68 bits per heavy atom. The second-order valence-electron chi connectivity index (χ2n) is 5.29. The number of likely N-dealkylation sites (N-methyl/N-ethyl adjacent to an activating group) is 1. The molecule has 1 aliphatic carbocycles. The monoisotopic (exact) mass is 305 g/mol. The van der Waals surface area contributed by atoms with Gasteiger partial charge in [-0.2, -0.15) is 0 Å². The highest BCUT2D eigenvalue weighted by Crippen LogP contribution is 2.25. The van der Waals surface area contributed by atoms with Crippen LogP contribution in [0.25, 0.3) is 0 Å². The van der Waals surface area contributed by atoms with Crippen molar-refractivity contribution in [1.82, 2.24) is 4.90 Å². The summed E-state index contributed by atoms with van der Waals surface area (Å²) in [6.45, 7) is 4.24. The van der Waals surface area contributed by atoms with Crippen LogP contribution in [0.2, 0.25) is 0 Å². The Kier molecular flexibility index (Phi) is 5.81. The minimum Gasteiger partial charge on any atom is -0.484 e. The minimum absolute atomic E-state index is 0.0310. The fraction of sp³-hybridized carbons (Fsp3) is 0.529. The number of carbonyl (C=O) groups is 2. The van der Waals surface area contributed by atoms with E-state index in [1.807, 2.05) is 19.1 Å². The van der Waals surface area contributed by atoms with Crippen molar-refractivity contribution in [3.63, 3.8) is 0 Å². The summed E-state index contributed by atoms with van der Waals surface area (Å²) < 4.78 is 10.4. The normalized spacial score (nSPS) is 12.6. The molecule has 0 aliphatic heterocycles. The van der Waals surface area contributed by atoms with E-state index in [1.165, 1.54) is 22.4 Å². The van der Waals surface area contributed by atoms with E-state index in [0.717, 1.165) is 12.8 Å². The Hall–Kier alpha value is -2.04. The van der Waals surface area contributed by atoms with Crippen LogP contribution in [0.3, 0.4) is 0 Å². The maximum absolute atomic E-state index is 12.1. The number of rotatable bonds is 7. The second-order valence-corrected chi connectivity index (χ2v) is 5.29. The summed E-state index contributed by atoms with van der Waals surface area (Å²) >= 11 is 0. The minimum atomic E-state index is -0.393. The highest BCUT2D eigenvalue weighted by molar-refractivity contribution is 5.83. The molecule has 0 bridgehead atoms. The molecule has 1 aliphatic rings. The summed E-state index contributed by atoms with van der Waals surface area (Å²) in [5.74, 6) is 0.104. The zero-order valence-corrected chi connectivity index (χ0v) is 13.3. The zero-order valence-electron chi connectivity index (χ0n) is 13.3. The van der Waals surface area contributed by atoms with Crippen molar-refractivity contribution in [2.24, 2.45) is 0 Å². The Labute approximate surface area is 131 Å². The van der Waals surface area contributed by atoms with Crippen LogP contribution in [-0.4, -0.2) is 43.1 Å². The van der Waals surface area contributed by atoms with E-state index >= 15 is 0 Å². The molecule has 0 saturated carbocycles. The fourth-order valence-corrected chi connectivity index (χ4v) is 2.61. The van der Waals surface area contributed by atoms with Crippen LogP contribution in [0, 0.1) is 0 Å². The first-order valence-corrected chi connectivity index (χ1v) is 7.82. The SMILES string of the molecule is CCOC(=O)CN(CC)C(=O)COc1ccc2c(c1)CCC2. The molecule has 1 aromatic rings. The number of aryl methyl sites for hydroxylation is 2. The lowest BCUT2D eigenvalue weighted by atomic mass is 10.1. The smallest absolute Gasteiger partial charge is 0.325 e. The summed E-state index contributed by atoms with van der Waals surface area (Å²) in [4.78, 5) is 25.0. The van der Waals surface area contributed by atoms with Gasteiger partial charge in [0.2, 0.25) is 0 Å². The van der Waals surface area contributed by atoms with Crippen LogP contribution < -0.4 is 4.74 Å². The van der Waals surface area contributed by atoms with E-state index in [4.69, 9.17) is 9.47 Å². The van der Waals surface area contributed by atoms with E-state index in [-0.39, 0.29) is 19.1 Å². The molecule has 0 saturated heterocycles. The summed E-state index contributed by atoms with van der Waals surface area (Å²) in [5.41, 5.74) is 2.68. The van der Waals surface area contributed by atoms with E-state index in [9.17, 15) is 9.59 Å². The number of nitrogens with zero attached hydrogens (tertiary/aromatic N) is 1. The maximum Gasteiger partial charge on any atom is 0.325 e. The number of benzene rings is 1. The van der Waals surface area contributed by atoms with Gasteiger partial charge in [-0.3, -0.25) is 9.59 Å². The zero-order chi connectivity index (χ0) is 15.9. The van der Waals surface area contributed by atoms with Crippen LogP contribution in [0.4, 0.5) is 0 Å². The number of amides is 1. The molecule has 0 fully saturated rings. The largest absolute Gasteiger partial charge is 0.484 e. The average molecular weight is 305 g/mol. The lowest BCUT2D eigenvalue weighted by Gasteiger charge is -2.20. The van der Waals surface area contributed by atoms with E-state index in [2.05, 4.69) is 6.07 Å². The quantitative estimate of drug-likeness (QED) is 0.723. The lowest BCUT2D eigenvalue weighted by Crippen LogP contribution is -2.39. The van der Waals surface area contributed by atoms with Crippen molar-refractivity contribution in [2.45, 2.75) is 33.1 Å². The molecule has 0 unspecified atom stereocenters. The summed E-state index contributed by atoms with van der Waals surface area (Å²) in [6.07, 6.45) is 3.38.